The standard InChI is InChI=1S/C22H34N4O2S/c1-16(2)9-11-25(12-10-17(3)4)20(27)15-29-22-24-23-21(18-7-8-18)26(22)14-19-6-5-13-28-19/h5-6,13,16-18H,7-12,14-15H2,1-4H3. The SMILES string of the molecule is CC(C)CCN(CCC(C)C)C(=O)CSc1nnc(C2CC2)n1Cc1ccco1. The Balaban J connectivity index is 1.64. The fraction of sp³-hybridized carbons (Fsp3) is 0.682. The van der Waals surface area contributed by atoms with Crippen molar-refractivity contribution in [2.24, 2.45) is 11.8 Å². The van der Waals surface area contributed by atoms with Crippen molar-refractivity contribution in [2.45, 2.75) is 71.0 Å². The van der Waals surface area contributed by atoms with E-state index < -0.39 is 0 Å². The van der Waals surface area contributed by atoms with Gasteiger partial charge in [0.15, 0.2) is 5.16 Å². The number of rotatable bonds is 12. The van der Waals surface area contributed by atoms with Gasteiger partial charge in [0.2, 0.25) is 5.91 Å². The summed E-state index contributed by atoms with van der Waals surface area (Å²) in [4.78, 5) is 15.0. The molecule has 1 fully saturated rings. The Morgan fingerprint density at radius 2 is 1.90 bits per heavy atom. The Morgan fingerprint density at radius 3 is 2.45 bits per heavy atom. The van der Waals surface area contributed by atoms with Crippen molar-refractivity contribution in [3.8, 4) is 0 Å². The molecule has 1 amide bonds. The van der Waals surface area contributed by atoms with Gasteiger partial charge in [-0.3, -0.25) is 9.36 Å². The van der Waals surface area contributed by atoms with Gasteiger partial charge in [-0.05, 0) is 49.7 Å². The van der Waals surface area contributed by atoms with Crippen LogP contribution in [-0.2, 0) is 11.3 Å². The zero-order valence-corrected chi connectivity index (χ0v) is 19.0. The van der Waals surface area contributed by atoms with Gasteiger partial charge in [0.25, 0.3) is 0 Å². The molecule has 7 heteroatoms. The van der Waals surface area contributed by atoms with Gasteiger partial charge in [-0.2, -0.15) is 0 Å². The number of carbonyl (C=O) groups excluding carboxylic acids is 1. The van der Waals surface area contributed by atoms with Crippen molar-refractivity contribution < 1.29 is 9.21 Å². The van der Waals surface area contributed by atoms with Crippen LogP contribution in [0.5, 0.6) is 0 Å². The second-order valence-corrected chi connectivity index (χ2v) is 9.76. The molecule has 1 aliphatic carbocycles. The van der Waals surface area contributed by atoms with Crippen LogP contribution in [0.3, 0.4) is 0 Å². The van der Waals surface area contributed by atoms with Crippen molar-refractivity contribution in [2.75, 3.05) is 18.8 Å². The zero-order valence-electron chi connectivity index (χ0n) is 18.1. The number of aromatic nitrogens is 3. The smallest absolute Gasteiger partial charge is 0.233 e. The molecule has 160 valence electrons. The minimum absolute atomic E-state index is 0.192. The number of hydrogen-bond acceptors (Lipinski definition) is 5. The number of carbonyl (C=O) groups is 1. The molecule has 6 nitrogen and oxygen atoms in total. The second kappa shape index (κ2) is 10.3. The van der Waals surface area contributed by atoms with Crippen LogP contribution in [0.1, 0.15) is 70.9 Å². The Labute approximate surface area is 178 Å². The van der Waals surface area contributed by atoms with Crippen LogP contribution in [0.15, 0.2) is 28.0 Å². The number of furan rings is 1. The van der Waals surface area contributed by atoms with E-state index in [0.29, 0.717) is 30.1 Å². The molecule has 2 aromatic rings. The first kappa shape index (κ1) is 21.9. The third-order valence-corrected chi connectivity index (χ3v) is 6.16. The highest BCUT2D eigenvalue weighted by Gasteiger charge is 2.31. The summed E-state index contributed by atoms with van der Waals surface area (Å²) in [6.45, 7) is 11.1. The van der Waals surface area contributed by atoms with E-state index in [4.69, 9.17) is 4.42 Å². The van der Waals surface area contributed by atoms with Gasteiger partial charge in [-0.1, -0.05) is 39.5 Å². The van der Waals surface area contributed by atoms with Crippen molar-refractivity contribution >= 4 is 17.7 Å². The Bertz CT molecular complexity index is 754. The van der Waals surface area contributed by atoms with E-state index in [0.717, 1.165) is 55.5 Å². The summed E-state index contributed by atoms with van der Waals surface area (Å²) in [6, 6.07) is 3.87. The normalized spacial score (nSPS) is 14.1. The van der Waals surface area contributed by atoms with Crippen LogP contribution < -0.4 is 0 Å². The first-order valence-corrected chi connectivity index (χ1v) is 11.8. The lowest BCUT2D eigenvalue weighted by molar-refractivity contribution is -0.128. The molecule has 2 aromatic heterocycles. The average molecular weight is 419 g/mol. The molecule has 0 spiro atoms. The fourth-order valence-electron chi connectivity index (χ4n) is 3.16. The summed E-state index contributed by atoms with van der Waals surface area (Å²) >= 11 is 1.50. The van der Waals surface area contributed by atoms with Gasteiger partial charge >= 0.3 is 0 Å². The summed E-state index contributed by atoms with van der Waals surface area (Å²) < 4.78 is 7.65. The molecule has 0 aliphatic heterocycles. The fourth-order valence-corrected chi connectivity index (χ4v) is 4.01. The van der Waals surface area contributed by atoms with E-state index in [1.807, 2.05) is 17.0 Å². The first-order valence-electron chi connectivity index (χ1n) is 10.8. The molecule has 0 saturated heterocycles. The lowest BCUT2D eigenvalue weighted by Crippen LogP contribution is -2.35. The maximum absolute atomic E-state index is 13.0. The molecule has 0 unspecified atom stereocenters. The predicted octanol–water partition coefficient (Wildman–Crippen LogP) is 4.81. The van der Waals surface area contributed by atoms with Crippen molar-refractivity contribution in [1.82, 2.24) is 19.7 Å². The molecule has 0 bridgehead atoms. The summed E-state index contributed by atoms with van der Waals surface area (Å²) in [6.07, 6.45) is 6.09. The van der Waals surface area contributed by atoms with E-state index in [9.17, 15) is 4.79 Å². The molecule has 0 N–H and O–H groups in total. The molecule has 0 radical (unpaired) electrons. The van der Waals surface area contributed by atoms with E-state index in [2.05, 4.69) is 42.5 Å². The molecule has 1 aliphatic rings. The van der Waals surface area contributed by atoms with Gasteiger partial charge in [-0.25, -0.2) is 0 Å². The topological polar surface area (TPSA) is 64.2 Å². The molecular weight excluding hydrogens is 384 g/mol. The summed E-state index contributed by atoms with van der Waals surface area (Å²) in [5, 5.41) is 9.64. The van der Waals surface area contributed by atoms with Gasteiger partial charge in [0, 0.05) is 19.0 Å². The van der Waals surface area contributed by atoms with Crippen LogP contribution >= 0.6 is 11.8 Å². The highest BCUT2D eigenvalue weighted by molar-refractivity contribution is 7.99. The highest BCUT2D eigenvalue weighted by atomic mass is 32.2. The maximum atomic E-state index is 13.0. The number of amides is 1. The number of nitrogens with zero attached hydrogens (tertiary/aromatic N) is 4. The molecular formula is C22H34N4O2S. The largest absolute Gasteiger partial charge is 0.467 e. The van der Waals surface area contributed by atoms with Crippen molar-refractivity contribution in [3.63, 3.8) is 0 Å². The lowest BCUT2D eigenvalue weighted by Gasteiger charge is -2.24. The van der Waals surface area contributed by atoms with Crippen LogP contribution in [0, 0.1) is 11.8 Å². The average Bonchev–Trinajstić information content (AvgIpc) is 3.23. The van der Waals surface area contributed by atoms with Crippen LogP contribution in [-0.4, -0.2) is 44.4 Å². The minimum atomic E-state index is 0.192. The molecule has 2 heterocycles. The summed E-state index contributed by atoms with van der Waals surface area (Å²) in [5.74, 6) is 4.18. The van der Waals surface area contributed by atoms with Gasteiger partial charge in [0.1, 0.15) is 11.6 Å². The Morgan fingerprint density at radius 1 is 1.21 bits per heavy atom. The monoisotopic (exact) mass is 418 g/mol. The van der Waals surface area contributed by atoms with E-state index in [1.165, 1.54) is 11.8 Å². The number of thioether (sulfide) groups is 1. The molecule has 0 atom stereocenters. The molecule has 3 rings (SSSR count). The van der Waals surface area contributed by atoms with Gasteiger partial charge in [-0.15, -0.1) is 10.2 Å². The first-order chi connectivity index (χ1) is 13.9. The van der Waals surface area contributed by atoms with E-state index in [-0.39, 0.29) is 5.91 Å². The highest BCUT2D eigenvalue weighted by Crippen LogP contribution is 2.40. The zero-order chi connectivity index (χ0) is 20.8. The lowest BCUT2D eigenvalue weighted by atomic mass is 10.1. The summed E-state index contributed by atoms with van der Waals surface area (Å²) in [7, 11) is 0. The van der Waals surface area contributed by atoms with Crippen LogP contribution in [0.25, 0.3) is 0 Å². The third kappa shape index (κ3) is 6.63. The molecule has 1 saturated carbocycles. The van der Waals surface area contributed by atoms with Crippen molar-refractivity contribution in [1.29, 1.82) is 0 Å². The van der Waals surface area contributed by atoms with E-state index >= 15 is 0 Å². The van der Waals surface area contributed by atoms with Crippen molar-refractivity contribution in [3.05, 3.63) is 30.0 Å². The minimum Gasteiger partial charge on any atom is -0.467 e. The van der Waals surface area contributed by atoms with Gasteiger partial charge < -0.3 is 9.32 Å². The molecule has 29 heavy (non-hydrogen) atoms. The maximum Gasteiger partial charge on any atom is 0.233 e. The van der Waals surface area contributed by atoms with Gasteiger partial charge in [0.05, 0.1) is 18.6 Å². The summed E-state index contributed by atoms with van der Waals surface area (Å²) in [5.41, 5.74) is 0. The van der Waals surface area contributed by atoms with E-state index in [1.54, 1.807) is 6.26 Å². The van der Waals surface area contributed by atoms with Crippen LogP contribution in [0.4, 0.5) is 0 Å². The molecule has 0 aromatic carbocycles. The quantitative estimate of drug-likeness (QED) is 0.463. The van der Waals surface area contributed by atoms with Crippen LogP contribution in [0.2, 0.25) is 0 Å². The predicted molar refractivity (Wildman–Crippen MR) is 116 cm³/mol. The Kier molecular flexibility index (Phi) is 7.81. The second-order valence-electron chi connectivity index (χ2n) is 8.82. The third-order valence-electron chi connectivity index (χ3n) is 5.21. The number of hydrogen-bond donors (Lipinski definition) is 0. The Hall–Kier alpha value is -1.76.